The van der Waals surface area contributed by atoms with Crippen molar-refractivity contribution in [1.29, 1.82) is 0 Å². The molecule has 6 heteroatoms. The maximum Gasteiger partial charge on any atom is 0.466 e. The van der Waals surface area contributed by atoms with Gasteiger partial charge in [0.15, 0.2) is 0 Å². The second kappa shape index (κ2) is 7.10. The van der Waals surface area contributed by atoms with E-state index in [4.69, 9.17) is 14.0 Å². The average molecular weight is 345 g/mol. The highest BCUT2D eigenvalue weighted by molar-refractivity contribution is 6.48. The highest BCUT2D eigenvalue weighted by Crippen LogP contribution is 2.41. The molecule has 0 aliphatic carbocycles. The molecule has 0 unspecified atom stereocenters. The zero-order valence-corrected chi connectivity index (χ0v) is 15.7. The van der Waals surface area contributed by atoms with Crippen molar-refractivity contribution in [2.75, 3.05) is 26.3 Å². The van der Waals surface area contributed by atoms with Crippen LogP contribution in [0.2, 0.25) is 0 Å². The van der Waals surface area contributed by atoms with Gasteiger partial charge in [0.25, 0.3) is 0 Å². The Kier molecular flexibility index (Phi) is 5.23. The molecule has 136 valence electrons. The fourth-order valence-electron chi connectivity index (χ4n) is 3.25. The van der Waals surface area contributed by atoms with Gasteiger partial charge in [-0.15, -0.1) is 0 Å². The zero-order valence-electron chi connectivity index (χ0n) is 15.7. The maximum absolute atomic E-state index is 12.8. The topological polar surface area (TPSA) is 48.0 Å². The third-order valence-electron chi connectivity index (χ3n) is 5.59. The van der Waals surface area contributed by atoms with E-state index in [1.165, 1.54) is 0 Å². The molecule has 25 heavy (non-hydrogen) atoms. The van der Waals surface area contributed by atoms with Crippen molar-refractivity contribution in [3.8, 4) is 0 Å². The molecule has 0 saturated carbocycles. The first-order valence-electron chi connectivity index (χ1n) is 9.06. The summed E-state index contributed by atoms with van der Waals surface area (Å²) in [6.07, 6.45) is 0.376. The minimum Gasteiger partial charge on any atom is -0.403 e. The van der Waals surface area contributed by atoms with Crippen LogP contribution < -0.4 is 0 Å². The third kappa shape index (κ3) is 3.91. The quantitative estimate of drug-likeness (QED) is 0.788. The van der Waals surface area contributed by atoms with Crippen LogP contribution in [0.5, 0.6) is 0 Å². The Morgan fingerprint density at radius 1 is 1.08 bits per heavy atom. The lowest BCUT2D eigenvalue weighted by Crippen LogP contribution is -2.42. The van der Waals surface area contributed by atoms with Gasteiger partial charge in [0.2, 0.25) is 5.91 Å². The predicted molar refractivity (Wildman–Crippen MR) is 97.3 cm³/mol. The van der Waals surface area contributed by atoms with E-state index >= 15 is 0 Å². The second-order valence-corrected chi connectivity index (χ2v) is 7.84. The molecule has 1 amide bonds. The van der Waals surface area contributed by atoms with E-state index in [0.717, 1.165) is 5.56 Å². The Morgan fingerprint density at radius 3 is 2.20 bits per heavy atom. The second-order valence-electron chi connectivity index (χ2n) is 7.84. The van der Waals surface area contributed by atoms with Gasteiger partial charge in [0.1, 0.15) is 0 Å². The fraction of sp³-hybridized carbons (Fsp3) is 0.632. The van der Waals surface area contributed by atoms with Crippen molar-refractivity contribution in [3.63, 3.8) is 0 Å². The van der Waals surface area contributed by atoms with E-state index in [2.05, 4.69) is 0 Å². The largest absolute Gasteiger partial charge is 0.466 e. The zero-order chi connectivity index (χ0) is 18.1. The van der Waals surface area contributed by atoms with Crippen LogP contribution in [0.3, 0.4) is 0 Å². The van der Waals surface area contributed by atoms with Crippen molar-refractivity contribution in [2.45, 2.75) is 51.1 Å². The number of ether oxygens (including phenoxy) is 1. The van der Waals surface area contributed by atoms with Gasteiger partial charge in [0.05, 0.1) is 24.4 Å². The number of amides is 1. The number of nitrogens with zero attached hydrogens (tertiary/aromatic N) is 1. The number of morpholine rings is 1. The molecule has 0 bridgehead atoms. The van der Waals surface area contributed by atoms with Gasteiger partial charge in [-0.2, -0.15) is 0 Å². The lowest BCUT2D eigenvalue weighted by atomic mass is 9.66. The Labute approximate surface area is 150 Å². The number of carbonyl (C=O) groups is 1. The summed E-state index contributed by atoms with van der Waals surface area (Å²) in [5.41, 5.74) is 0.252. The molecular weight excluding hydrogens is 317 g/mol. The first-order chi connectivity index (χ1) is 11.8. The van der Waals surface area contributed by atoms with Crippen molar-refractivity contribution < 1.29 is 18.8 Å². The standard InChI is InChI=1S/C19H28BNO4/c1-18(2)19(3,4)25-20(24-18)16(15-8-6-5-7-9-15)14-17(22)21-10-12-23-13-11-21/h5-9,16H,10-14H2,1-4H3/t16-/m0/s1. The number of benzene rings is 1. The van der Waals surface area contributed by atoms with Crippen LogP contribution in [0.25, 0.3) is 0 Å². The Morgan fingerprint density at radius 2 is 1.64 bits per heavy atom. The minimum absolute atomic E-state index is 0.127. The molecule has 0 spiro atoms. The minimum atomic E-state index is -0.433. The molecule has 2 aliphatic rings. The molecule has 1 aromatic rings. The van der Waals surface area contributed by atoms with E-state index in [1.807, 2.05) is 62.9 Å². The van der Waals surface area contributed by atoms with Gasteiger partial charge in [-0.25, -0.2) is 0 Å². The Bertz CT molecular complexity index is 583. The summed E-state index contributed by atoms with van der Waals surface area (Å²) in [5, 5.41) is 0. The summed E-state index contributed by atoms with van der Waals surface area (Å²) in [7, 11) is -0.433. The Hall–Kier alpha value is -1.37. The highest BCUT2D eigenvalue weighted by atomic mass is 16.7. The average Bonchev–Trinajstić information content (AvgIpc) is 2.81. The lowest BCUT2D eigenvalue weighted by Gasteiger charge is -2.32. The van der Waals surface area contributed by atoms with Gasteiger partial charge >= 0.3 is 7.12 Å². The Balaban J connectivity index is 1.80. The molecule has 0 aromatic heterocycles. The predicted octanol–water partition coefficient (Wildman–Crippen LogP) is 2.65. The van der Waals surface area contributed by atoms with E-state index in [0.29, 0.717) is 32.7 Å². The normalized spacial score (nSPS) is 23.5. The van der Waals surface area contributed by atoms with E-state index in [1.54, 1.807) is 0 Å². The number of hydrogen-bond acceptors (Lipinski definition) is 4. The van der Waals surface area contributed by atoms with Crippen molar-refractivity contribution in [2.24, 2.45) is 0 Å². The monoisotopic (exact) mass is 345 g/mol. The van der Waals surface area contributed by atoms with Gasteiger partial charge < -0.3 is 18.9 Å². The SMILES string of the molecule is CC1(C)OB([C@@H](CC(=O)N2CCOCC2)c2ccccc2)OC1(C)C. The number of carbonyl (C=O) groups excluding carboxylic acids is 1. The summed E-state index contributed by atoms with van der Waals surface area (Å²) in [5.74, 6) is 0.00413. The summed E-state index contributed by atoms with van der Waals surface area (Å²) in [4.78, 5) is 14.7. The highest BCUT2D eigenvalue weighted by Gasteiger charge is 2.54. The molecule has 0 N–H and O–H groups in total. The van der Waals surface area contributed by atoms with E-state index in [9.17, 15) is 4.79 Å². The van der Waals surface area contributed by atoms with Gasteiger partial charge in [-0.05, 0) is 33.3 Å². The van der Waals surface area contributed by atoms with E-state index in [-0.39, 0.29) is 11.7 Å². The summed E-state index contributed by atoms with van der Waals surface area (Å²) < 4.78 is 17.9. The smallest absolute Gasteiger partial charge is 0.403 e. The fourth-order valence-corrected chi connectivity index (χ4v) is 3.25. The van der Waals surface area contributed by atoms with Crippen LogP contribution in [-0.4, -0.2) is 55.4 Å². The van der Waals surface area contributed by atoms with Crippen LogP contribution in [0, 0.1) is 0 Å². The summed E-state index contributed by atoms with van der Waals surface area (Å²) in [6.45, 7) is 10.7. The van der Waals surface area contributed by atoms with Crippen molar-refractivity contribution in [3.05, 3.63) is 35.9 Å². The molecule has 1 atom stereocenters. The third-order valence-corrected chi connectivity index (χ3v) is 5.59. The van der Waals surface area contributed by atoms with Crippen LogP contribution in [0.15, 0.2) is 30.3 Å². The van der Waals surface area contributed by atoms with Crippen LogP contribution in [0.1, 0.15) is 45.5 Å². The van der Waals surface area contributed by atoms with Gasteiger partial charge in [-0.1, -0.05) is 30.3 Å². The molecular formula is C19H28BNO4. The lowest BCUT2D eigenvalue weighted by molar-refractivity contribution is -0.135. The summed E-state index contributed by atoms with van der Waals surface area (Å²) >= 11 is 0. The molecule has 2 fully saturated rings. The molecule has 2 aliphatic heterocycles. The van der Waals surface area contributed by atoms with Crippen molar-refractivity contribution >= 4 is 13.0 Å². The van der Waals surface area contributed by atoms with Crippen LogP contribution >= 0.6 is 0 Å². The first kappa shape index (κ1) is 18.4. The molecule has 3 rings (SSSR count). The molecule has 2 heterocycles. The number of hydrogen-bond donors (Lipinski definition) is 0. The van der Waals surface area contributed by atoms with Gasteiger partial charge in [0, 0.05) is 25.3 Å². The molecule has 5 nitrogen and oxygen atoms in total. The molecule has 0 radical (unpaired) electrons. The molecule has 1 aromatic carbocycles. The van der Waals surface area contributed by atoms with E-state index < -0.39 is 18.3 Å². The van der Waals surface area contributed by atoms with Crippen LogP contribution in [0.4, 0.5) is 0 Å². The molecule has 2 saturated heterocycles. The first-order valence-corrected chi connectivity index (χ1v) is 9.06. The van der Waals surface area contributed by atoms with Gasteiger partial charge in [-0.3, -0.25) is 4.79 Å². The van der Waals surface area contributed by atoms with Crippen LogP contribution in [-0.2, 0) is 18.8 Å². The maximum atomic E-state index is 12.8. The summed E-state index contributed by atoms with van der Waals surface area (Å²) in [6, 6.07) is 10.1. The van der Waals surface area contributed by atoms with Crippen molar-refractivity contribution in [1.82, 2.24) is 4.90 Å². The number of rotatable bonds is 4.